The van der Waals surface area contributed by atoms with E-state index in [-0.39, 0.29) is 5.54 Å². The lowest BCUT2D eigenvalue weighted by atomic mass is 10.0. The van der Waals surface area contributed by atoms with Crippen LogP contribution in [0.2, 0.25) is 0 Å². The van der Waals surface area contributed by atoms with Gasteiger partial charge in [-0.15, -0.1) is 11.3 Å². The van der Waals surface area contributed by atoms with Gasteiger partial charge in [0.05, 0.1) is 17.0 Å². The largest absolute Gasteiger partial charge is 0.374 e. The Kier molecular flexibility index (Phi) is 3.83. The molecule has 1 aliphatic carbocycles. The van der Waals surface area contributed by atoms with Crippen molar-refractivity contribution in [2.24, 2.45) is 5.73 Å². The Hall–Kier alpha value is 0.1000. The van der Waals surface area contributed by atoms with Gasteiger partial charge in [-0.2, -0.15) is 0 Å². The van der Waals surface area contributed by atoms with E-state index >= 15 is 0 Å². The molecule has 0 spiro atoms. The lowest BCUT2D eigenvalue weighted by Gasteiger charge is -2.22. The number of nitrogens with two attached hydrogens (primary N) is 1. The predicted octanol–water partition coefficient (Wildman–Crippen LogP) is 3.30. The molecule has 1 saturated carbocycles. The summed E-state index contributed by atoms with van der Waals surface area (Å²) in [4.78, 5) is 1.25. The van der Waals surface area contributed by atoms with Crippen molar-refractivity contribution in [1.29, 1.82) is 0 Å². The zero-order valence-electron chi connectivity index (χ0n) is 8.67. The monoisotopic (exact) mass is 289 g/mol. The van der Waals surface area contributed by atoms with E-state index in [0.29, 0.717) is 13.2 Å². The summed E-state index contributed by atoms with van der Waals surface area (Å²) in [6.07, 6.45) is 4.73. The number of hydrogen-bond acceptors (Lipinski definition) is 3. The molecule has 15 heavy (non-hydrogen) atoms. The minimum atomic E-state index is -0.0471. The maximum absolute atomic E-state index is 6.20. The van der Waals surface area contributed by atoms with E-state index in [1.165, 1.54) is 17.7 Å². The summed E-state index contributed by atoms with van der Waals surface area (Å²) in [7, 11) is 0. The van der Waals surface area contributed by atoms with Gasteiger partial charge in [0.2, 0.25) is 0 Å². The van der Waals surface area contributed by atoms with Crippen molar-refractivity contribution in [3.8, 4) is 0 Å². The van der Waals surface area contributed by atoms with E-state index in [4.69, 9.17) is 10.5 Å². The quantitative estimate of drug-likeness (QED) is 0.923. The van der Waals surface area contributed by atoms with Gasteiger partial charge in [0, 0.05) is 10.4 Å². The smallest absolute Gasteiger partial charge is 0.0810 e. The molecular weight excluding hydrogens is 274 g/mol. The van der Waals surface area contributed by atoms with Gasteiger partial charge in [-0.3, -0.25) is 0 Å². The Bertz CT molecular complexity index is 320. The first-order valence-electron chi connectivity index (χ1n) is 5.29. The van der Waals surface area contributed by atoms with Crippen molar-refractivity contribution < 1.29 is 4.74 Å². The van der Waals surface area contributed by atoms with Crippen molar-refractivity contribution in [2.45, 2.75) is 37.8 Å². The van der Waals surface area contributed by atoms with Crippen LogP contribution in [0.3, 0.4) is 0 Å². The molecule has 2 N–H and O–H groups in total. The van der Waals surface area contributed by atoms with Crippen LogP contribution in [0.25, 0.3) is 0 Å². The summed E-state index contributed by atoms with van der Waals surface area (Å²) < 4.78 is 6.84. The highest BCUT2D eigenvalue weighted by Gasteiger charge is 2.29. The summed E-state index contributed by atoms with van der Waals surface area (Å²) in [5, 5.41) is 0. The third-order valence-corrected chi connectivity index (χ3v) is 4.46. The van der Waals surface area contributed by atoms with Gasteiger partial charge in [-0.25, -0.2) is 0 Å². The topological polar surface area (TPSA) is 35.2 Å². The molecule has 4 heteroatoms. The Morgan fingerprint density at radius 2 is 2.13 bits per heavy atom. The van der Waals surface area contributed by atoms with E-state index in [1.807, 2.05) is 0 Å². The molecule has 0 amide bonds. The standard InChI is InChI=1S/C11H16BrNOS/c12-10-4-3-9(15-10)7-14-8-11(13)5-1-2-6-11/h3-4H,1-2,5-8,13H2. The first-order valence-corrected chi connectivity index (χ1v) is 6.90. The molecule has 1 heterocycles. The third-order valence-electron chi connectivity index (χ3n) is 2.86. The Labute approximate surface area is 103 Å². The van der Waals surface area contributed by atoms with Crippen molar-refractivity contribution in [1.82, 2.24) is 0 Å². The molecule has 0 unspecified atom stereocenters. The minimum absolute atomic E-state index is 0.0471. The third kappa shape index (κ3) is 3.28. The molecule has 1 aliphatic rings. The van der Waals surface area contributed by atoms with Crippen molar-refractivity contribution in [3.63, 3.8) is 0 Å². The number of rotatable bonds is 4. The van der Waals surface area contributed by atoms with Gasteiger partial charge in [-0.05, 0) is 40.9 Å². The molecule has 0 aliphatic heterocycles. The summed E-state index contributed by atoms with van der Waals surface area (Å²) in [5.41, 5.74) is 6.15. The van der Waals surface area contributed by atoms with Gasteiger partial charge in [0.25, 0.3) is 0 Å². The molecule has 0 atom stereocenters. The van der Waals surface area contributed by atoms with Gasteiger partial charge in [0.1, 0.15) is 0 Å². The number of thiophene rings is 1. The van der Waals surface area contributed by atoms with Crippen LogP contribution in [0.1, 0.15) is 30.6 Å². The van der Waals surface area contributed by atoms with Crippen LogP contribution in [0.5, 0.6) is 0 Å². The Morgan fingerprint density at radius 3 is 2.73 bits per heavy atom. The van der Waals surface area contributed by atoms with Crippen LogP contribution in [0.15, 0.2) is 15.9 Å². The summed E-state index contributed by atoms with van der Waals surface area (Å²) in [6, 6.07) is 4.14. The van der Waals surface area contributed by atoms with Gasteiger partial charge < -0.3 is 10.5 Å². The van der Waals surface area contributed by atoms with Gasteiger partial charge in [0.15, 0.2) is 0 Å². The normalized spacial score (nSPS) is 19.6. The Morgan fingerprint density at radius 1 is 1.40 bits per heavy atom. The SMILES string of the molecule is NC1(COCc2ccc(Br)s2)CCCC1. The number of hydrogen-bond donors (Lipinski definition) is 1. The summed E-state index contributed by atoms with van der Waals surface area (Å²) >= 11 is 5.16. The Balaban J connectivity index is 1.75. The summed E-state index contributed by atoms with van der Waals surface area (Å²) in [5.74, 6) is 0. The molecule has 1 aromatic heterocycles. The first-order chi connectivity index (χ1) is 7.18. The van der Waals surface area contributed by atoms with Crippen LogP contribution in [0, 0.1) is 0 Å². The van der Waals surface area contributed by atoms with Crippen molar-refractivity contribution in [2.75, 3.05) is 6.61 Å². The molecule has 0 aromatic carbocycles. The highest BCUT2D eigenvalue weighted by Crippen LogP contribution is 2.28. The number of halogens is 1. The maximum Gasteiger partial charge on any atom is 0.0810 e. The molecule has 1 fully saturated rings. The van der Waals surface area contributed by atoms with E-state index in [1.54, 1.807) is 11.3 Å². The van der Waals surface area contributed by atoms with Crippen LogP contribution in [0.4, 0.5) is 0 Å². The van der Waals surface area contributed by atoms with Gasteiger partial charge in [-0.1, -0.05) is 12.8 Å². The molecule has 84 valence electrons. The van der Waals surface area contributed by atoms with Crippen LogP contribution >= 0.6 is 27.3 Å². The van der Waals surface area contributed by atoms with E-state index < -0.39 is 0 Å². The fourth-order valence-corrected chi connectivity index (χ4v) is 3.43. The lowest BCUT2D eigenvalue weighted by molar-refractivity contribution is 0.0767. The first kappa shape index (κ1) is 11.6. The van der Waals surface area contributed by atoms with Gasteiger partial charge >= 0.3 is 0 Å². The van der Waals surface area contributed by atoms with Crippen molar-refractivity contribution >= 4 is 27.3 Å². The minimum Gasteiger partial charge on any atom is -0.374 e. The molecule has 0 saturated heterocycles. The van der Waals surface area contributed by atoms with Crippen LogP contribution in [-0.2, 0) is 11.3 Å². The second-order valence-corrected chi connectivity index (χ2v) is 6.82. The molecular formula is C11H16BrNOS. The van der Waals surface area contributed by atoms with Crippen LogP contribution in [-0.4, -0.2) is 12.1 Å². The maximum atomic E-state index is 6.20. The highest BCUT2D eigenvalue weighted by molar-refractivity contribution is 9.11. The fourth-order valence-electron chi connectivity index (χ4n) is 2.01. The fraction of sp³-hybridized carbons (Fsp3) is 0.636. The average Bonchev–Trinajstić information content (AvgIpc) is 2.76. The molecule has 2 nitrogen and oxygen atoms in total. The van der Waals surface area contributed by atoms with E-state index in [9.17, 15) is 0 Å². The van der Waals surface area contributed by atoms with Crippen molar-refractivity contribution in [3.05, 3.63) is 20.8 Å². The average molecular weight is 290 g/mol. The molecule has 2 rings (SSSR count). The molecule has 1 aromatic rings. The zero-order chi connectivity index (χ0) is 10.7. The predicted molar refractivity (Wildman–Crippen MR) is 67.1 cm³/mol. The zero-order valence-corrected chi connectivity index (χ0v) is 11.1. The molecule has 0 bridgehead atoms. The summed E-state index contributed by atoms with van der Waals surface area (Å²) in [6.45, 7) is 1.39. The second kappa shape index (κ2) is 4.95. The lowest BCUT2D eigenvalue weighted by Crippen LogP contribution is -2.41. The highest BCUT2D eigenvalue weighted by atomic mass is 79.9. The number of ether oxygens (including phenoxy) is 1. The second-order valence-electron chi connectivity index (χ2n) is 4.27. The van der Waals surface area contributed by atoms with Crippen LogP contribution < -0.4 is 5.73 Å². The van der Waals surface area contributed by atoms with E-state index in [0.717, 1.165) is 16.6 Å². The van der Waals surface area contributed by atoms with E-state index in [2.05, 4.69) is 28.1 Å². The molecule has 0 radical (unpaired) electrons.